The molecule has 0 aromatic heterocycles. The maximum Gasteiger partial charge on any atom is 0.119 e. The minimum Gasteiger partial charge on any atom is -0.494 e. The number of hydrogen-bond acceptors (Lipinski definition) is 2. The van der Waals surface area contributed by atoms with Gasteiger partial charge in [-0.05, 0) is 37.1 Å². The molecular weight excluding hydrogens is 476 g/mol. The third-order valence-corrected chi connectivity index (χ3v) is 8.11. The summed E-state index contributed by atoms with van der Waals surface area (Å²) >= 11 is 0. The lowest BCUT2D eigenvalue weighted by atomic mass is 10.0. The SMILES string of the molecule is CCCCCCCCCCCCCCCCOc1ccc(OCCCCCCCCCCCCCCC)cc1. The Morgan fingerprint density at radius 3 is 0.744 bits per heavy atom. The molecule has 0 aliphatic carbocycles. The molecule has 0 saturated carbocycles. The summed E-state index contributed by atoms with van der Waals surface area (Å²) in [5.74, 6) is 1.94. The molecule has 0 heterocycles. The second-order valence-corrected chi connectivity index (χ2v) is 12.0. The van der Waals surface area contributed by atoms with Crippen LogP contribution < -0.4 is 9.47 Å². The first kappa shape index (κ1) is 35.8. The van der Waals surface area contributed by atoms with E-state index in [0.717, 1.165) is 37.6 Å². The van der Waals surface area contributed by atoms with Gasteiger partial charge in [0.2, 0.25) is 0 Å². The van der Waals surface area contributed by atoms with Crippen molar-refractivity contribution < 1.29 is 9.47 Å². The third-order valence-electron chi connectivity index (χ3n) is 8.11. The van der Waals surface area contributed by atoms with Crippen LogP contribution in [-0.2, 0) is 0 Å². The van der Waals surface area contributed by atoms with Crippen molar-refractivity contribution in [2.75, 3.05) is 13.2 Å². The predicted molar refractivity (Wildman–Crippen MR) is 173 cm³/mol. The predicted octanol–water partition coefficient (Wildman–Crippen LogP) is 13.0. The molecule has 2 nitrogen and oxygen atoms in total. The minimum absolute atomic E-state index is 0.830. The van der Waals surface area contributed by atoms with Crippen LogP contribution in [0.15, 0.2) is 24.3 Å². The second kappa shape index (κ2) is 29.8. The number of hydrogen-bond donors (Lipinski definition) is 0. The number of rotatable bonds is 31. The Kier molecular flexibility index (Phi) is 27.4. The molecule has 2 heteroatoms. The van der Waals surface area contributed by atoms with E-state index in [9.17, 15) is 0 Å². The van der Waals surface area contributed by atoms with Crippen LogP contribution in [0.3, 0.4) is 0 Å². The highest BCUT2D eigenvalue weighted by Crippen LogP contribution is 2.19. The Balaban J connectivity index is 1.83. The van der Waals surface area contributed by atoms with E-state index in [2.05, 4.69) is 38.1 Å². The lowest BCUT2D eigenvalue weighted by Gasteiger charge is -2.09. The molecule has 0 aliphatic heterocycles. The van der Waals surface area contributed by atoms with Crippen LogP contribution in [0.2, 0.25) is 0 Å². The van der Waals surface area contributed by atoms with Gasteiger partial charge >= 0.3 is 0 Å². The van der Waals surface area contributed by atoms with Crippen LogP contribution in [0.5, 0.6) is 11.5 Å². The van der Waals surface area contributed by atoms with Crippen molar-refractivity contribution in [2.45, 2.75) is 187 Å². The Morgan fingerprint density at radius 2 is 0.513 bits per heavy atom. The van der Waals surface area contributed by atoms with Crippen LogP contribution in [-0.4, -0.2) is 13.2 Å². The van der Waals surface area contributed by atoms with Gasteiger partial charge in [0, 0.05) is 0 Å². The fourth-order valence-corrected chi connectivity index (χ4v) is 5.43. The fourth-order valence-electron chi connectivity index (χ4n) is 5.43. The average molecular weight is 545 g/mol. The molecule has 1 aromatic rings. The molecule has 228 valence electrons. The molecule has 0 spiro atoms. The van der Waals surface area contributed by atoms with Crippen molar-refractivity contribution >= 4 is 0 Å². The summed E-state index contributed by atoms with van der Waals surface area (Å²) in [6.07, 6.45) is 37.5. The van der Waals surface area contributed by atoms with Crippen molar-refractivity contribution in [3.8, 4) is 11.5 Å². The summed E-state index contributed by atoms with van der Waals surface area (Å²) in [5.41, 5.74) is 0. The molecule has 39 heavy (non-hydrogen) atoms. The summed E-state index contributed by atoms with van der Waals surface area (Å²) < 4.78 is 11.9. The largest absolute Gasteiger partial charge is 0.494 e. The quantitative estimate of drug-likeness (QED) is 0.0865. The Morgan fingerprint density at radius 1 is 0.308 bits per heavy atom. The molecule has 1 aromatic carbocycles. The van der Waals surface area contributed by atoms with Crippen LogP contribution in [0.4, 0.5) is 0 Å². The number of unbranched alkanes of at least 4 members (excludes halogenated alkanes) is 25. The van der Waals surface area contributed by atoms with Gasteiger partial charge in [-0.15, -0.1) is 0 Å². The maximum absolute atomic E-state index is 5.94. The summed E-state index contributed by atoms with van der Waals surface area (Å²) in [5, 5.41) is 0. The van der Waals surface area contributed by atoms with Crippen LogP contribution in [0.25, 0.3) is 0 Å². The van der Waals surface area contributed by atoms with Crippen LogP contribution in [0, 0.1) is 0 Å². The highest BCUT2D eigenvalue weighted by molar-refractivity contribution is 5.31. The van der Waals surface area contributed by atoms with Gasteiger partial charge in [-0.1, -0.05) is 174 Å². The lowest BCUT2D eigenvalue weighted by molar-refractivity contribution is 0.296. The van der Waals surface area contributed by atoms with Crippen molar-refractivity contribution in [3.05, 3.63) is 24.3 Å². The topological polar surface area (TPSA) is 18.5 Å². The summed E-state index contributed by atoms with van der Waals surface area (Å²) in [6.45, 7) is 6.25. The molecular formula is C37H68O2. The van der Waals surface area contributed by atoms with E-state index in [1.165, 1.54) is 161 Å². The molecule has 0 atom stereocenters. The van der Waals surface area contributed by atoms with E-state index in [0.29, 0.717) is 0 Å². The van der Waals surface area contributed by atoms with E-state index in [1.54, 1.807) is 0 Å². The summed E-state index contributed by atoms with van der Waals surface area (Å²) in [4.78, 5) is 0. The Labute approximate surface area is 245 Å². The maximum atomic E-state index is 5.94. The van der Waals surface area contributed by atoms with Gasteiger partial charge in [0.1, 0.15) is 11.5 Å². The Hall–Kier alpha value is -1.18. The van der Waals surface area contributed by atoms with Gasteiger partial charge in [-0.2, -0.15) is 0 Å². The normalized spacial score (nSPS) is 11.2. The van der Waals surface area contributed by atoms with E-state index < -0.39 is 0 Å². The van der Waals surface area contributed by atoms with Gasteiger partial charge < -0.3 is 9.47 Å². The molecule has 1 rings (SSSR count). The van der Waals surface area contributed by atoms with Crippen LogP contribution >= 0.6 is 0 Å². The smallest absolute Gasteiger partial charge is 0.119 e. The summed E-state index contributed by atoms with van der Waals surface area (Å²) in [6, 6.07) is 8.23. The van der Waals surface area contributed by atoms with Gasteiger partial charge in [-0.3, -0.25) is 0 Å². The van der Waals surface area contributed by atoms with Crippen LogP contribution in [0.1, 0.15) is 187 Å². The van der Waals surface area contributed by atoms with Crippen molar-refractivity contribution in [2.24, 2.45) is 0 Å². The molecule has 0 bridgehead atoms. The van der Waals surface area contributed by atoms with Crippen molar-refractivity contribution in [1.82, 2.24) is 0 Å². The summed E-state index contributed by atoms with van der Waals surface area (Å²) in [7, 11) is 0. The standard InChI is InChI=1S/C37H68O2/c1-3-5-7-9-11-13-15-17-19-21-23-25-27-29-35-39-37-32-30-36(31-33-37)38-34-28-26-24-22-20-18-16-14-12-10-8-6-4-2/h30-33H,3-29,34-35H2,1-2H3. The highest BCUT2D eigenvalue weighted by Gasteiger charge is 1.99. The molecule has 0 fully saturated rings. The van der Waals surface area contributed by atoms with E-state index in [1.807, 2.05) is 0 Å². The van der Waals surface area contributed by atoms with Gasteiger partial charge in [0.25, 0.3) is 0 Å². The van der Waals surface area contributed by atoms with Gasteiger partial charge in [0.05, 0.1) is 13.2 Å². The van der Waals surface area contributed by atoms with E-state index >= 15 is 0 Å². The zero-order valence-corrected chi connectivity index (χ0v) is 26.6. The monoisotopic (exact) mass is 545 g/mol. The first-order valence-electron chi connectivity index (χ1n) is 17.7. The highest BCUT2D eigenvalue weighted by atomic mass is 16.5. The molecule has 0 aliphatic rings. The van der Waals surface area contributed by atoms with E-state index in [-0.39, 0.29) is 0 Å². The molecule has 0 radical (unpaired) electrons. The van der Waals surface area contributed by atoms with Crippen molar-refractivity contribution in [3.63, 3.8) is 0 Å². The first-order chi connectivity index (χ1) is 19.4. The molecule has 0 N–H and O–H groups in total. The molecule has 0 unspecified atom stereocenters. The minimum atomic E-state index is 0.830. The van der Waals surface area contributed by atoms with E-state index in [4.69, 9.17) is 9.47 Å². The first-order valence-corrected chi connectivity index (χ1v) is 17.7. The van der Waals surface area contributed by atoms with Gasteiger partial charge in [0.15, 0.2) is 0 Å². The molecule has 0 saturated heterocycles. The number of benzene rings is 1. The Bertz CT molecular complexity index is 582. The third kappa shape index (κ3) is 25.5. The average Bonchev–Trinajstić information content (AvgIpc) is 2.96. The molecule has 0 amide bonds. The second-order valence-electron chi connectivity index (χ2n) is 12.0. The number of ether oxygens (including phenoxy) is 2. The zero-order valence-electron chi connectivity index (χ0n) is 26.6. The van der Waals surface area contributed by atoms with Crippen molar-refractivity contribution in [1.29, 1.82) is 0 Å². The lowest BCUT2D eigenvalue weighted by Crippen LogP contribution is -1.99. The zero-order chi connectivity index (χ0) is 27.9. The van der Waals surface area contributed by atoms with Gasteiger partial charge in [-0.25, -0.2) is 0 Å². The fraction of sp³-hybridized carbons (Fsp3) is 0.838.